The van der Waals surface area contributed by atoms with Crippen LogP contribution in [0.1, 0.15) is 18.2 Å². The molecule has 0 bridgehead atoms. The number of rotatable bonds is 5. The molecule has 112 valence electrons. The van der Waals surface area contributed by atoms with E-state index in [9.17, 15) is 9.59 Å². The molecule has 0 amide bonds. The van der Waals surface area contributed by atoms with Crippen LogP contribution in [0.4, 0.5) is 0 Å². The van der Waals surface area contributed by atoms with Crippen molar-refractivity contribution in [2.24, 2.45) is 7.05 Å². The van der Waals surface area contributed by atoms with Crippen LogP contribution in [0, 0.1) is 6.92 Å². The van der Waals surface area contributed by atoms with Crippen molar-refractivity contribution < 1.29 is 9.90 Å². The van der Waals surface area contributed by atoms with Crippen LogP contribution in [-0.2, 0) is 17.6 Å². The summed E-state index contributed by atoms with van der Waals surface area (Å²) in [6.45, 7) is 3.50. The van der Waals surface area contributed by atoms with Gasteiger partial charge >= 0.3 is 5.97 Å². The lowest BCUT2D eigenvalue weighted by molar-refractivity contribution is -0.136. The third-order valence-electron chi connectivity index (χ3n) is 3.50. The summed E-state index contributed by atoms with van der Waals surface area (Å²) in [5.41, 5.74) is 2.22. The van der Waals surface area contributed by atoms with Crippen LogP contribution in [0.5, 0.6) is 0 Å². The van der Waals surface area contributed by atoms with E-state index < -0.39 is 11.2 Å². The van der Waals surface area contributed by atoms with Crippen molar-refractivity contribution in [2.75, 3.05) is 0 Å². The summed E-state index contributed by atoms with van der Waals surface area (Å²) in [7, 11) is 1.83. The van der Waals surface area contributed by atoms with E-state index in [1.165, 1.54) is 11.8 Å². The van der Waals surface area contributed by atoms with Crippen molar-refractivity contribution in [2.45, 2.75) is 24.9 Å². The molecule has 1 heterocycles. The maximum Gasteiger partial charge on any atom is 0.316 e. The molecule has 1 aromatic carbocycles. The molecular weight excluding hydrogens is 288 g/mol. The highest BCUT2D eigenvalue weighted by molar-refractivity contribution is 7.99. The Hall–Kier alpha value is -1.95. The quantitative estimate of drug-likeness (QED) is 0.919. The summed E-state index contributed by atoms with van der Waals surface area (Å²) < 4.78 is 3.41. The topological polar surface area (TPSA) is 64.2 Å². The molecule has 1 atom stereocenters. The fraction of sp³-hybridized carbons (Fsp3) is 0.333. The molecule has 6 heteroatoms. The van der Waals surface area contributed by atoms with Crippen molar-refractivity contribution in [1.29, 1.82) is 0 Å². The number of aromatic nitrogens is 2. The van der Waals surface area contributed by atoms with E-state index in [0.717, 1.165) is 11.4 Å². The van der Waals surface area contributed by atoms with Crippen molar-refractivity contribution in [3.05, 3.63) is 51.9 Å². The lowest BCUT2D eigenvalue weighted by atomic mass is 10.3. The highest BCUT2D eigenvalue weighted by Crippen LogP contribution is 2.19. The Balaban J connectivity index is 2.37. The number of hydrogen-bond donors (Lipinski definition) is 1. The first kappa shape index (κ1) is 15.4. The Kier molecular flexibility index (Phi) is 4.57. The second kappa shape index (κ2) is 6.22. The number of benzene rings is 1. The molecule has 1 N–H and O–H groups in total. The van der Waals surface area contributed by atoms with Crippen molar-refractivity contribution in [3.63, 3.8) is 0 Å². The Labute approximate surface area is 127 Å². The Bertz CT molecular complexity index is 704. The highest BCUT2D eigenvalue weighted by atomic mass is 32.2. The van der Waals surface area contributed by atoms with Gasteiger partial charge in [-0.1, -0.05) is 18.2 Å². The predicted molar refractivity (Wildman–Crippen MR) is 84.1 cm³/mol. The van der Waals surface area contributed by atoms with E-state index >= 15 is 0 Å². The molecule has 0 fully saturated rings. The van der Waals surface area contributed by atoms with Gasteiger partial charge in [0.25, 0.3) is 5.56 Å². The monoisotopic (exact) mass is 306 g/mol. The number of thioether (sulfide) groups is 1. The first-order valence-corrected chi connectivity index (χ1v) is 7.65. The zero-order valence-electron chi connectivity index (χ0n) is 12.2. The van der Waals surface area contributed by atoms with Gasteiger partial charge in [-0.3, -0.25) is 14.3 Å². The second-order valence-electron chi connectivity index (χ2n) is 4.83. The smallest absolute Gasteiger partial charge is 0.316 e. The average molecular weight is 306 g/mol. The molecule has 0 spiro atoms. The van der Waals surface area contributed by atoms with Crippen molar-refractivity contribution >= 4 is 17.7 Å². The van der Waals surface area contributed by atoms with Crippen LogP contribution in [0.25, 0.3) is 5.69 Å². The molecule has 0 saturated heterocycles. The maximum absolute atomic E-state index is 12.6. The van der Waals surface area contributed by atoms with Gasteiger partial charge in [-0.05, 0) is 26.0 Å². The SMILES string of the molecule is Cc1c(CSC(C)C(=O)O)c(=O)n(-c2ccccc2)n1C. The Morgan fingerprint density at radius 2 is 1.95 bits per heavy atom. The van der Waals surface area contributed by atoms with Crippen LogP contribution in [-0.4, -0.2) is 25.7 Å². The van der Waals surface area contributed by atoms with Gasteiger partial charge in [-0.15, -0.1) is 11.8 Å². The Morgan fingerprint density at radius 3 is 2.52 bits per heavy atom. The number of carboxylic acids is 1. The zero-order chi connectivity index (χ0) is 15.6. The normalized spacial score (nSPS) is 12.3. The largest absolute Gasteiger partial charge is 0.480 e. The molecule has 2 rings (SSSR count). The molecule has 1 aromatic heterocycles. The van der Waals surface area contributed by atoms with E-state index in [4.69, 9.17) is 5.11 Å². The van der Waals surface area contributed by atoms with Gasteiger partial charge < -0.3 is 5.11 Å². The first-order valence-electron chi connectivity index (χ1n) is 6.60. The number of carbonyl (C=O) groups is 1. The van der Waals surface area contributed by atoms with E-state index in [-0.39, 0.29) is 5.56 Å². The fourth-order valence-electron chi connectivity index (χ4n) is 2.07. The molecule has 0 radical (unpaired) electrons. The number of hydrogen-bond acceptors (Lipinski definition) is 3. The van der Waals surface area contributed by atoms with Gasteiger partial charge in [0.1, 0.15) is 0 Å². The predicted octanol–water partition coefficient (Wildman–Crippen LogP) is 2.19. The van der Waals surface area contributed by atoms with Crippen LogP contribution < -0.4 is 5.56 Å². The van der Waals surface area contributed by atoms with Crippen LogP contribution >= 0.6 is 11.8 Å². The van der Waals surface area contributed by atoms with Crippen LogP contribution in [0.3, 0.4) is 0 Å². The van der Waals surface area contributed by atoms with E-state index in [1.807, 2.05) is 44.3 Å². The minimum absolute atomic E-state index is 0.0914. The molecule has 0 saturated carbocycles. The maximum atomic E-state index is 12.6. The molecule has 0 aliphatic rings. The first-order chi connectivity index (χ1) is 9.93. The van der Waals surface area contributed by atoms with E-state index in [1.54, 1.807) is 16.3 Å². The van der Waals surface area contributed by atoms with Gasteiger partial charge in [0.2, 0.25) is 0 Å². The fourth-order valence-corrected chi connectivity index (χ4v) is 2.96. The molecule has 1 unspecified atom stereocenters. The van der Waals surface area contributed by atoms with Crippen LogP contribution in [0.15, 0.2) is 35.1 Å². The number of aliphatic carboxylic acids is 1. The van der Waals surface area contributed by atoms with Crippen LogP contribution in [0.2, 0.25) is 0 Å². The summed E-state index contributed by atoms with van der Waals surface area (Å²) in [5, 5.41) is 8.39. The molecular formula is C15H18N2O3S. The number of carboxylic acid groups (broad SMARTS) is 1. The Morgan fingerprint density at radius 1 is 1.33 bits per heavy atom. The second-order valence-corrected chi connectivity index (χ2v) is 6.16. The highest BCUT2D eigenvalue weighted by Gasteiger charge is 2.18. The summed E-state index contributed by atoms with van der Waals surface area (Å²) in [6, 6.07) is 9.40. The summed E-state index contributed by atoms with van der Waals surface area (Å²) in [5.74, 6) is -0.469. The minimum Gasteiger partial charge on any atom is -0.480 e. The lowest BCUT2D eigenvalue weighted by Crippen LogP contribution is -2.21. The van der Waals surface area contributed by atoms with Gasteiger partial charge in [0.15, 0.2) is 0 Å². The summed E-state index contributed by atoms with van der Waals surface area (Å²) in [6.07, 6.45) is 0. The number of para-hydroxylation sites is 1. The molecule has 2 aromatic rings. The van der Waals surface area contributed by atoms with E-state index in [0.29, 0.717) is 11.3 Å². The summed E-state index contributed by atoms with van der Waals surface area (Å²) in [4.78, 5) is 23.4. The molecule has 0 aliphatic heterocycles. The van der Waals surface area contributed by atoms with Gasteiger partial charge in [-0.25, -0.2) is 4.68 Å². The summed E-state index contributed by atoms with van der Waals surface area (Å²) >= 11 is 1.26. The van der Waals surface area contributed by atoms with Gasteiger partial charge in [0.05, 0.1) is 10.9 Å². The third kappa shape index (κ3) is 3.05. The molecule has 5 nitrogen and oxygen atoms in total. The van der Waals surface area contributed by atoms with E-state index in [2.05, 4.69) is 0 Å². The molecule has 21 heavy (non-hydrogen) atoms. The third-order valence-corrected chi connectivity index (χ3v) is 4.66. The van der Waals surface area contributed by atoms with Gasteiger partial charge in [0, 0.05) is 24.1 Å². The average Bonchev–Trinajstić information content (AvgIpc) is 2.68. The lowest BCUT2D eigenvalue weighted by Gasteiger charge is -2.07. The minimum atomic E-state index is -0.864. The zero-order valence-corrected chi connectivity index (χ0v) is 13.1. The standard InChI is InChI=1S/C15H18N2O3S/c1-10-13(9-21-11(2)15(19)20)14(18)17(16(10)3)12-7-5-4-6-8-12/h4-8,11H,9H2,1-3H3,(H,19,20). The van der Waals surface area contributed by atoms with Gasteiger partial charge in [-0.2, -0.15) is 0 Å². The molecule has 0 aliphatic carbocycles. The number of nitrogens with zero attached hydrogens (tertiary/aromatic N) is 2. The van der Waals surface area contributed by atoms with Crippen molar-refractivity contribution in [3.8, 4) is 5.69 Å². The van der Waals surface area contributed by atoms with Crippen molar-refractivity contribution in [1.82, 2.24) is 9.36 Å².